The Bertz CT molecular complexity index is 1950. The number of amides is 7. The molecule has 15 heteroatoms. The molecule has 7 rings (SSSR count). The molecule has 1 aliphatic carbocycles. The van der Waals surface area contributed by atoms with Crippen LogP contribution in [-0.2, 0) is 52.8 Å². The lowest BCUT2D eigenvalue weighted by atomic mass is 9.99. The molecule has 2 aromatic carbocycles. The first-order valence-corrected chi connectivity index (χ1v) is 20.8. The Hall–Kier alpha value is -5.47. The van der Waals surface area contributed by atoms with E-state index in [0.29, 0.717) is 50.8 Å². The molecular weight excluding hydrogens is 743 g/mol. The molecular formula is C43H55N7O8. The van der Waals surface area contributed by atoms with Crippen molar-refractivity contribution >= 4 is 47.2 Å². The topological polar surface area (TPSA) is 187 Å². The lowest BCUT2D eigenvalue weighted by Crippen LogP contribution is -2.62. The molecule has 0 radical (unpaired) electrons. The molecule has 7 atom stereocenters. The lowest BCUT2D eigenvalue weighted by Gasteiger charge is -2.39. The van der Waals surface area contributed by atoms with Gasteiger partial charge in [-0.1, -0.05) is 42.8 Å². The molecule has 5 aliphatic rings. The minimum Gasteiger partial charge on any atom is -0.461 e. The Morgan fingerprint density at radius 2 is 1.59 bits per heavy atom. The van der Waals surface area contributed by atoms with Gasteiger partial charge in [0.2, 0.25) is 29.5 Å². The van der Waals surface area contributed by atoms with Crippen LogP contribution in [0.2, 0.25) is 0 Å². The Balaban J connectivity index is 1.17. The van der Waals surface area contributed by atoms with E-state index in [1.165, 1.54) is 25.8 Å². The van der Waals surface area contributed by atoms with E-state index in [0.717, 1.165) is 30.4 Å². The van der Waals surface area contributed by atoms with E-state index in [2.05, 4.69) is 21.3 Å². The lowest BCUT2D eigenvalue weighted by molar-refractivity contribution is -0.158. The molecule has 4 fully saturated rings. The van der Waals surface area contributed by atoms with Gasteiger partial charge in [0.05, 0.1) is 0 Å². The standard InChI is InChI=1S/C43H55N7O8/c1-25-9-6-10-28(19-25)21-32(47-43(57)45-31-16-15-29-11-7-12-30(29)22-31)37(51)46-33-24-58-42(56)36-20-26(2)23-50(36)39(53)27(3)44-38(52)34-13-4-5-17-48(34)41(55)35-14-8-18-49(35)40(33)54/h6,9-10,15-16,19,22,26-27,32-36H,4-5,7-8,11-14,17-18,20-21,23-24H2,1-3H3,(H,44,52)(H,46,51)(H2,45,47,57)/t26-,27+,32+,33+,34+,35+,36+/m1/s1. The maximum Gasteiger partial charge on any atom is 0.328 e. The third-order valence-corrected chi connectivity index (χ3v) is 12.2. The molecule has 4 saturated heterocycles. The Morgan fingerprint density at radius 3 is 2.40 bits per heavy atom. The highest BCUT2D eigenvalue weighted by Gasteiger charge is 2.46. The fraction of sp³-hybridized carbons (Fsp3) is 0.558. The third-order valence-electron chi connectivity index (χ3n) is 12.2. The summed E-state index contributed by atoms with van der Waals surface area (Å²) in [5, 5.41) is 11.2. The average Bonchev–Trinajstić information content (AvgIpc) is 3.98. The van der Waals surface area contributed by atoms with Crippen LogP contribution in [0.4, 0.5) is 10.5 Å². The number of carbonyl (C=O) groups is 7. The molecule has 0 unspecified atom stereocenters. The molecule has 0 saturated carbocycles. The molecule has 0 spiro atoms. The highest BCUT2D eigenvalue weighted by molar-refractivity contribution is 5.98. The number of anilines is 1. The molecule has 15 nitrogen and oxygen atoms in total. The second kappa shape index (κ2) is 17.6. The van der Waals surface area contributed by atoms with Crippen LogP contribution in [0.25, 0.3) is 0 Å². The number of rotatable bonds is 6. The van der Waals surface area contributed by atoms with Gasteiger partial charge in [-0.25, -0.2) is 9.59 Å². The second-order valence-electron chi connectivity index (χ2n) is 16.7. The molecule has 310 valence electrons. The van der Waals surface area contributed by atoms with Crippen molar-refractivity contribution in [1.82, 2.24) is 30.7 Å². The zero-order valence-corrected chi connectivity index (χ0v) is 33.6. The van der Waals surface area contributed by atoms with Gasteiger partial charge in [0.25, 0.3) is 0 Å². The van der Waals surface area contributed by atoms with Gasteiger partial charge in [-0.3, -0.25) is 24.0 Å². The van der Waals surface area contributed by atoms with Crippen LogP contribution < -0.4 is 21.3 Å². The number of aryl methyl sites for hydroxylation is 3. The summed E-state index contributed by atoms with van der Waals surface area (Å²) in [6.07, 6.45) is 6.03. The van der Waals surface area contributed by atoms with E-state index in [1.54, 1.807) is 6.92 Å². The van der Waals surface area contributed by atoms with Crippen LogP contribution in [0.1, 0.15) is 81.0 Å². The number of hydrogen-bond acceptors (Lipinski definition) is 8. The van der Waals surface area contributed by atoms with Crippen LogP contribution in [0.5, 0.6) is 0 Å². The number of fused-ring (bicyclic) bond motifs is 4. The summed E-state index contributed by atoms with van der Waals surface area (Å²) >= 11 is 0. The monoisotopic (exact) mass is 797 g/mol. The SMILES string of the molecule is Cc1cccc(C[C@H](NC(=O)Nc2ccc3c(c2)CCC3)C(=O)N[C@H]2COC(=O)[C@@H]3C[C@@H](C)CN3C(=O)[C@H](C)NC(=O)[C@@H]3CCCCN3C(=O)[C@@H]3CCCN3C2=O)c1. The summed E-state index contributed by atoms with van der Waals surface area (Å²) < 4.78 is 5.79. The van der Waals surface area contributed by atoms with Crippen LogP contribution in [0.15, 0.2) is 42.5 Å². The second-order valence-corrected chi connectivity index (χ2v) is 16.7. The quantitative estimate of drug-likeness (QED) is 0.321. The molecule has 58 heavy (non-hydrogen) atoms. The fourth-order valence-electron chi connectivity index (χ4n) is 9.25. The first-order valence-electron chi connectivity index (χ1n) is 20.8. The van der Waals surface area contributed by atoms with Gasteiger partial charge in [0.1, 0.15) is 42.9 Å². The Labute approximate surface area is 338 Å². The Kier molecular flexibility index (Phi) is 12.3. The Morgan fingerprint density at radius 1 is 0.828 bits per heavy atom. The number of urea groups is 1. The predicted molar refractivity (Wildman–Crippen MR) is 213 cm³/mol. The summed E-state index contributed by atoms with van der Waals surface area (Å²) in [4.78, 5) is 102. The van der Waals surface area contributed by atoms with Crippen molar-refractivity contribution in [1.29, 1.82) is 0 Å². The molecule has 4 aliphatic heterocycles. The van der Waals surface area contributed by atoms with Gasteiger partial charge >= 0.3 is 12.0 Å². The summed E-state index contributed by atoms with van der Waals surface area (Å²) in [6, 6.07) is 6.44. The van der Waals surface area contributed by atoms with Crippen LogP contribution >= 0.6 is 0 Å². The molecule has 0 bridgehead atoms. The zero-order valence-electron chi connectivity index (χ0n) is 33.6. The average molecular weight is 798 g/mol. The van der Waals surface area contributed by atoms with E-state index in [1.807, 2.05) is 56.3 Å². The van der Waals surface area contributed by atoms with Crippen molar-refractivity contribution in [2.45, 2.75) is 121 Å². The van der Waals surface area contributed by atoms with Gasteiger partial charge in [-0.2, -0.15) is 0 Å². The van der Waals surface area contributed by atoms with Crippen LogP contribution in [0, 0.1) is 12.8 Å². The molecule has 7 amide bonds. The number of ether oxygens (including phenoxy) is 1. The van der Waals surface area contributed by atoms with E-state index >= 15 is 0 Å². The third kappa shape index (κ3) is 8.97. The minimum atomic E-state index is -1.43. The van der Waals surface area contributed by atoms with E-state index < -0.39 is 78.5 Å². The highest BCUT2D eigenvalue weighted by atomic mass is 16.5. The number of hydrogen-bond donors (Lipinski definition) is 4. The summed E-state index contributed by atoms with van der Waals surface area (Å²) in [5.41, 5.74) is 4.75. The number of cyclic esters (lactones) is 1. The normalized spacial score (nSPS) is 27.2. The van der Waals surface area contributed by atoms with Gasteiger partial charge in [-0.05, 0) is 106 Å². The molecule has 2 aromatic rings. The summed E-state index contributed by atoms with van der Waals surface area (Å²) in [5.74, 6) is -3.39. The fourth-order valence-corrected chi connectivity index (χ4v) is 9.25. The number of nitrogens with zero attached hydrogens (tertiary/aromatic N) is 3. The van der Waals surface area contributed by atoms with E-state index in [9.17, 15) is 33.6 Å². The highest BCUT2D eigenvalue weighted by Crippen LogP contribution is 2.28. The van der Waals surface area contributed by atoms with Crippen LogP contribution in [-0.4, -0.2) is 119 Å². The van der Waals surface area contributed by atoms with E-state index in [-0.39, 0.29) is 31.3 Å². The van der Waals surface area contributed by atoms with Gasteiger partial charge in [0.15, 0.2) is 0 Å². The molecule has 4 heterocycles. The maximum absolute atomic E-state index is 14.6. The van der Waals surface area contributed by atoms with Crippen molar-refractivity contribution in [3.63, 3.8) is 0 Å². The largest absolute Gasteiger partial charge is 0.461 e. The smallest absolute Gasteiger partial charge is 0.328 e. The first-order chi connectivity index (χ1) is 27.9. The van der Waals surface area contributed by atoms with Crippen molar-refractivity contribution in [3.05, 3.63) is 64.7 Å². The number of piperidine rings is 1. The predicted octanol–water partition coefficient (Wildman–Crippen LogP) is 2.37. The summed E-state index contributed by atoms with van der Waals surface area (Å²) in [7, 11) is 0. The van der Waals surface area contributed by atoms with E-state index in [4.69, 9.17) is 4.74 Å². The van der Waals surface area contributed by atoms with Crippen LogP contribution in [0.3, 0.4) is 0 Å². The van der Waals surface area contributed by atoms with Gasteiger partial charge in [-0.15, -0.1) is 0 Å². The van der Waals surface area contributed by atoms with Crippen molar-refractivity contribution < 1.29 is 38.3 Å². The number of nitrogens with one attached hydrogen (secondary N) is 4. The zero-order chi connectivity index (χ0) is 41.1. The van der Waals surface area contributed by atoms with Gasteiger partial charge < -0.3 is 40.7 Å². The summed E-state index contributed by atoms with van der Waals surface area (Å²) in [6.45, 7) is 5.64. The van der Waals surface area contributed by atoms with Crippen molar-refractivity contribution in [3.8, 4) is 0 Å². The van der Waals surface area contributed by atoms with Gasteiger partial charge in [0, 0.05) is 31.7 Å². The molecule has 0 aromatic heterocycles. The molecule has 4 N–H and O–H groups in total. The maximum atomic E-state index is 14.6. The van der Waals surface area contributed by atoms with Crippen molar-refractivity contribution in [2.75, 3.05) is 31.6 Å². The minimum absolute atomic E-state index is 0.0446. The number of esters is 1. The number of benzene rings is 2. The first kappa shape index (κ1) is 40.7. The van der Waals surface area contributed by atoms with Crippen molar-refractivity contribution in [2.24, 2.45) is 5.92 Å². The number of carbonyl (C=O) groups excluding carboxylic acids is 7.